The maximum absolute atomic E-state index is 13.7. The van der Waals surface area contributed by atoms with E-state index in [1.807, 2.05) is 4.90 Å². The fraction of sp³-hybridized carbons (Fsp3) is 0.429. The van der Waals surface area contributed by atoms with Crippen LogP contribution in [-0.4, -0.2) is 54.3 Å². The molecule has 2 rings (SSSR count). The standard InChI is InChI=1S/C14H17ClFN3O2/c15-10-2-3-12(16)11(8-10)14(21)19-5-1-4-18(6-7-19)9-13(17)20/h2-3,8H,1,4-7,9H2,(H2,17,20). The van der Waals surface area contributed by atoms with Gasteiger partial charge in [0.05, 0.1) is 12.1 Å². The Balaban J connectivity index is 2.06. The van der Waals surface area contributed by atoms with Gasteiger partial charge in [-0.15, -0.1) is 0 Å². The molecule has 0 aliphatic carbocycles. The van der Waals surface area contributed by atoms with Crippen molar-refractivity contribution in [3.8, 4) is 0 Å². The number of amides is 2. The van der Waals surface area contributed by atoms with Crippen LogP contribution in [0.2, 0.25) is 5.02 Å². The minimum atomic E-state index is -0.581. The Labute approximate surface area is 127 Å². The van der Waals surface area contributed by atoms with Gasteiger partial charge in [0.25, 0.3) is 5.91 Å². The predicted molar refractivity (Wildman–Crippen MR) is 77.6 cm³/mol. The van der Waals surface area contributed by atoms with Gasteiger partial charge in [-0.1, -0.05) is 11.6 Å². The van der Waals surface area contributed by atoms with E-state index in [2.05, 4.69) is 0 Å². The van der Waals surface area contributed by atoms with Crippen molar-refractivity contribution in [3.05, 3.63) is 34.6 Å². The smallest absolute Gasteiger partial charge is 0.256 e. The maximum Gasteiger partial charge on any atom is 0.256 e. The predicted octanol–water partition coefficient (Wildman–Crippen LogP) is 1.11. The van der Waals surface area contributed by atoms with Crippen LogP contribution in [0.25, 0.3) is 0 Å². The van der Waals surface area contributed by atoms with E-state index in [4.69, 9.17) is 17.3 Å². The summed E-state index contributed by atoms with van der Waals surface area (Å²) in [5.41, 5.74) is 5.15. The Kier molecular flexibility index (Phi) is 5.14. The minimum Gasteiger partial charge on any atom is -0.369 e. The average molecular weight is 314 g/mol. The lowest BCUT2D eigenvalue weighted by Crippen LogP contribution is -2.38. The number of rotatable bonds is 3. The van der Waals surface area contributed by atoms with Gasteiger partial charge in [-0.05, 0) is 24.6 Å². The second-order valence-electron chi connectivity index (χ2n) is 5.01. The third-order valence-corrected chi connectivity index (χ3v) is 3.65. The molecule has 0 saturated carbocycles. The van der Waals surface area contributed by atoms with Crippen LogP contribution >= 0.6 is 11.6 Å². The summed E-state index contributed by atoms with van der Waals surface area (Å²) in [5.74, 6) is -1.35. The molecule has 0 aromatic heterocycles. The zero-order valence-electron chi connectivity index (χ0n) is 11.5. The molecule has 0 atom stereocenters. The molecular formula is C14H17ClFN3O2. The van der Waals surface area contributed by atoms with Crippen LogP contribution in [0, 0.1) is 5.82 Å². The van der Waals surface area contributed by atoms with E-state index >= 15 is 0 Å². The SMILES string of the molecule is NC(=O)CN1CCCN(C(=O)c2cc(Cl)ccc2F)CC1. The number of benzene rings is 1. The van der Waals surface area contributed by atoms with Crippen LogP contribution in [0.15, 0.2) is 18.2 Å². The van der Waals surface area contributed by atoms with E-state index in [-0.39, 0.29) is 18.0 Å². The quantitative estimate of drug-likeness (QED) is 0.909. The molecule has 1 heterocycles. The molecular weight excluding hydrogens is 297 g/mol. The third kappa shape index (κ3) is 4.15. The van der Waals surface area contributed by atoms with Crippen molar-refractivity contribution < 1.29 is 14.0 Å². The summed E-state index contributed by atoms with van der Waals surface area (Å²) < 4.78 is 13.7. The third-order valence-electron chi connectivity index (χ3n) is 3.41. The lowest BCUT2D eigenvalue weighted by atomic mass is 10.2. The molecule has 1 aromatic rings. The molecule has 1 saturated heterocycles. The Morgan fingerprint density at radius 2 is 2.00 bits per heavy atom. The first kappa shape index (κ1) is 15.7. The summed E-state index contributed by atoms with van der Waals surface area (Å²) >= 11 is 5.82. The van der Waals surface area contributed by atoms with E-state index in [1.165, 1.54) is 18.2 Å². The lowest BCUT2D eigenvalue weighted by Gasteiger charge is -2.21. The molecule has 1 fully saturated rings. The number of hydrogen-bond donors (Lipinski definition) is 1. The summed E-state index contributed by atoms with van der Waals surface area (Å²) in [4.78, 5) is 26.8. The van der Waals surface area contributed by atoms with E-state index in [0.717, 1.165) is 0 Å². The highest BCUT2D eigenvalue weighted by Gasteiger charge is 2.23. The van der Waals surface area contributed by atoms with Crippen LogP contribution in [0.4, 0.5) is 4.39 Å². The monoisotopic (exact) mass is 313 g/mol. The van der Waals surface area contributed by atoms with Crippen molar-refractivity contribution in [2.45, 2.75) is 6.42 Å². The van der Waals surface area contributed by atoms with Gasteiger partial charge >= 0.3 is 0 Å². The molecule has 21 heavy (non-hydrogen) atoms. The van der Waals surface area contributed by atoms with Crippen molar-refractivity contribution in [3.63, 3.8) is 0 Å². The summed E-state index contributed by atoms with van der Waals surface area (Å²) in [6.45, 7) is 2.34. The summed E-state index contributed by atoms with van der Waals surface area (Å²) in [5, 5.41) is 0.324. The van der Waals surface area contributed by atoms with E-state index in [0.29, 0.717) is 37.6 Å². The molecule has 1 aromatic carbocycles. The zero-order chi connectivity index (χ0) is 15.4. The summed E-state index contributed by atoms with van der Waals surface area (Å²) in [7, 11) is 0. The lowest BCUT2D eigenvalue weighted by molar-refractivity contribution is -0.119. The number of nitrogens with two attached hydrogens (primary N) is 1. The molecule has 5 nitrogen and oxygen atoms in total. The van der Waals surface area contributed by atoms with Crippen molar-refractivity contribution in [2.24, 2.45) is 5.73 Å². The van der Waals surface area contributed by atoms with Gasteiger partial charge < -0.3 is 10.6 Å². The molecule has 1 aliphatic heterocycles. The highest BCUT2D eigenvalue weighted by atomic mass is 35.5. The fourth-order valence-corrected chi connectivity index (χ4v) is 2.56. The number of nitrogens with zero attached hydrogens (tertiary/aromatic N) is 2. The Bertz CT molecular complexity index is 553. The molecule has 0 bridgehead atoms. The van der Waals surface area contributed by atoms with Gasteiger partial charge in [-0.3, -0.25) is 14.5 Å². The first-order chi connectivity index (χ1) is 9.97. The molecule has 0 radical (unpaired) electrons. The topological polar surface area (TPSA) is 66.6 Å². The largest absolute Gasteiger partial charge is 0.369 e. The molecule has 2 N–H and O–H groups in total. The second kappa shape index (κ2) is 6.87. The van der Waals surface area contributed by atoms with E-state index in [1.54, 1.807) is 4.90 Å². The van der Waals surface area contributed by atoms with Crippen molar-refractivity contribution in [1.82, 2.24) is 9.80 Å². The number of carbonyl (C=O) groups is 2. The summed E-state index contributed by atoms with van der Waals surface area (Å²) in [6, 6.07) is 3.93. The molecule has 7 heteroatoms. The highest BCUT2D eigenvalue weighted by molar-refractivity contribution is 6.31. The molecule has 0 unspecified atom stereocenters. The van der Waals surface area contributed by atoms with Gasteiger partial charge in [-0.25, -0.2) is 4.39 Å². The van der Waals surface area contributed by atoms with Crippen molar-refractivity contribution in [1.29, 1.82) is 0 Å². The van der Waals surface area contributed by atoms with Crippen molar-refractivity contribution >= 4 is 23.4 Å². The van der Waals surface area contributed by atoms with Gasteiger partial charge in [0.2, 0.25) is 5.91 Å². The van der Waals surface area contributed by atoms with Gasteiger partial charge in [0, 0.05) is 31.2 Å². The van der Waals surface area contributed by atoms with E-state index < -0.39 is 11.7 Å². The maximum atomic E-state index is 13.7. The number of carbonyl (C=O) groups excluding carboxylic acids is 2. The number of hydrogen-bond acceptors (Lipinski definition) is 3. The van der Waals surface area contributed by atoms with Crippen LogP contribution in [-0.2, 0) is 4.79 Å². The zero-order valence-corrected chi connectivity index (χ0v) is 12.3. The van der Waals surface area contributed by atoms with Crippen LogP contribution in [0.5, 0.6) is 0 Å². The molecule has 2 amide bonds. The number of halogens is 2. The molecule has 1 aliphatic rings. The van der Waals surface area contributed by atoms with Crippen LogP contribution in [0.1, 0.15) is 16.8 Å². The first-order valence-electron chi connectivity index (χ1n) is 6.72. The van der Waals surface area contributed by atoms with Gasteiger partial charge in [0.15, 0.2) is 0 Å². The average Bonchev–Trinajstić information content (AvgIpc) is 2.66. The minimum absolute atomic E-state index is 0.0224. The normalized spacial score (nSPS) is 16.6. The first-order valence-corrected chi connectivity index (χ1v) is 7.10. The van der Waals surface area contributed by atoms with Crippen LogP contribution in [0.3, 0.4) is 0 Å². The highest BCUT2D eigenvalue weighted by Crippen LogP contribution is 2.17. The fourth-order valence-electron chi connectivity index (χ4n) is 2.38. The summed E-state index contributed by atoms with van der Waals surface area (Å²) in [6.07, 6.45) is 0.710. The van der Waals surface area contributed by atoms with Crippen molar-refractivity contribution in [2.75, 3.05) is 32.7 Å². The van der Waals surface area contributed by atoms with Gasteiger partial charge in [-0.2, -0.15) is 0 Å². The Hall–Kier alpha value is -1.66. The Morgan fingerprint density at radius 1 is 1.24 bits per heavy atom. The molecule has 114 valence electrons. The second-order valence-corrected chi connectivity index (χ2v) is 5.45. The Morgan fingerprint density at radius 3 is 2.71 bits per heavy atom. The van der Waals surface area contributed by atoms with Gasteiger partial charge in [0.1, 0.15) is 5.82 Å². The number of primary amides is 1. The van der Waals surface area contributed by atoms with Crippen LogP contribution < -0.4 is 5.73 Å². The van der Waals surface area contributed by atoms with E-state index in [9.17, 15) is 14.0 Å². The molecule has 0 spiro atoms.